The number of piperidine rings is 1. The van der Waals surface area contributed by atoms with Gasteiger partial charge < -0.3 is 20.1 Å². The van der Waals surface area contributed by atoms with Gasteiger partial charge in [-0.15, -0.1) is 0 Å². The molecule has 0 bridgehead atoms. The number of benzene rings is 3. The fourth-order valence-electron chi connectivity index (χ4n) is 4.41. The molecule has 35 heavy (non-hydrogen) atoms. The molecular weight excluding hydrogens is 440 g/mol. The van der Waals surface area contributed by atoms with E-state index < -0.39 is 5.97 Å². The molecule has 4 rings (SSSR count). The Labute approximate surface area is 206 Å². The van der Waals surface area contributed by atoms with Crippen LogP contribution in [0.4, 0.5) is 0 Å². The number of hydrogen-bond acceptors (Lipinski definition) is 4. The minimum absolute atomic E-state index is 0.103. The van der Waals surface area contributed by atoms with E-state index in [1.54, 1.807) is 18.2 Å². The number of carbonyl (C=O) groups excluding carboxylic acids is 1. The second kappa shape index (κ2) is 11.2. The van der Waals surface area contributed by atoms with Crippen LogP contribution in [0.25, 0.3) is 16.8 Å². The summed E-state index contributed by atoms with van der Waals surface area (Å²) < 4.78 is 6.14. The normalized spacial score (nSPS) is 15.3. The van der Waals surface area contributed by atoms with Crippen molar-refractivity contribution in [1.29, 1.82) is 0 Å². The van der Waals surface area contributed by atoms with Crippen molar-refractivity contribution in [1.82, 2.24) is 10.2 Å². The lowest BCUT2D eigenvalue weighted by molar-refractivity contribution is -0.118. The summed E-state index contributed by atoms with van der Waals surface area (Å²) in [5, 5.41) is 14.4. The molecule has 0 radical (unpaired) electrons. The number of carboxylic acids is 1. The molecule has 0 aromatic heterocycles. The van der Waals surface area contributed by atoms with Gasteiger partial charge in [0, 0.05) is 30.6 Å². The quantitative estimate of drug-likeness (QED) is 0.452. The standard InChI is InChI=1S/C29H32N2O4/c1-20(2)31-16-14-25(15-17-31)30-28(32)24(18-21-10-12-23(13-11-21)29(33)34)19-35-27-9-5-7-22-6-3-4-8-26(22)27/h3-13,18,20,25H,14-17,19H2,1-2H3,(H,30,32)(H,33,34). The van der Waals surface area contributed by atoms with Crippen LogP contribution in [0.3, 0.4) is 0 Å². The number of carbonyl (C=O) groups is 2. The van der Waals surface area contributed by atoms with Crippen molar-refractivity contribution in [2.24, 2.45) is 0 Å². The Hall–Kier alpha value is -3.64. The lowest BCUT2D eigenvalue weighted by Crippen LogP contribution is -2.47. The number of hydrogen-bond donors (Lipinski definition) is 2. The molecule has 0 atom stereocenters. The van der Waals surface area contributed by atoms with Gasteiger partial charge in [-0.3, -0.25) is 4.79 Å². The summed E-state index contributed by atoms with van der Waals surface area (Å²) in [4.78, 5) is 26.9. The number of nitrogens with one attached hydrogen (secondary N) is 1. The summed E-state index contributed by atoms with van der Waals surface area (Å²) in [5.74, 6) is -0.422. The molecule has 3 aromatic carbocycles. The van der Waals surface area contributed by atoms with Crippen LogP contribution in [0.5, 0.6) is 5.75 Å². The lowest BCUT2D eigenvalue weighted by Gasteiger charge is -2.35. The van der Waals surface area contributed by atoms with Crippen molar-refractivity contribution in [3.63, 3.8) is 0 Å². The molecule has 0 unspecified atom stereocenters. The zero-order valence-corrected chi connectivity index (χ0v) is 20.2. The van der Waals surface area contributed by atoms with E-state index in [0.29, 0.717) is 17.4 Å². The first-order chi connectivity index (χ1) is 16.9. The van der Waals surface area contributed by atoms with E-state index in [-0.39, 0.29) is 24.1 Å². The van der Waals surface area contributed by atoms with Gasteiger partial charge >= 0.3 is 5.97 Å². The average Bonchev–Trinajstić information content (AvgIpc) is 2.87. The van der Waals surface area contributed by atoms with E-state index in [2.05, 4.69) is 24.1 Å². The third-order valence-corrected chi connectivity index (χ3v) is 6.52. The van der Waals surface area contributed by atoms with Gasteiger partial charge in [0.1, 0.15) is 12.4 Å². The van der Waals surface area contributed by atoms with Gasteiger partial charge in [0.2, 0.25) is 0 Å². The number of likely N-dealkylation sites (tertiary alicyclic amines) is 1. The predicted molar refractivity (Wildman–Crippen MR) is 139 cm³/mol. The SMILES string of the molecule is CC(C)N1CCC(NC(=O)C(=Cc2ccc(C(=O)O)cc2)COc2cccc3ccccc23)CC1. The number of amides is 1. The van der Waals surface area contributed by atoms with E-state index >= 15 is 0 Å². The second-order valence-electron chi connectivity index (χ2n) is 9.24. The number of nitrogens with zero attached hydrogens (tertiary/aromatic N) is 1. The summed E-state index contributed by atoms with van der Waals surface area (Å²) in [5.41, 5.74) is 1.45. The van der Waals surface area contributed by atoms with E-state index in [1.165, 1.54) is 12.1 Å². The number of rotatable bonds is 8. The molecule has 2 N–H and O–H groups in total. The summed E-state index contributed by atoms with van der Waals surface area (Å²) in [6, 6.07) is 21.0. The Bertz CT molecular complexity index is 1200. The van der Waals surface area contributed by atoms with Crippen LogP contribution in [0.2, 0.25) is 0 Å². The van der Waals surface area contributed by atoms with Crippen molar-refractivity contribution in [2.45, 2.75) is 38.8 Å². The first kappa shape index (κ1) is 24.5. The predicted octanol–water partition coefficient (Wildman–Crippen LogP) is 4.99. The van der Waals surface area contributed by atoms with Crippen LogP contribution in [0.15, 0.2) is 72.3 Å². The maximum atomic E-state index is 13.3. The van der Waals surface area contributed by atoms with E-state index in [4.69, 9.17) is 4.74 Å². The Morgan fingerprint density at radius 3 is 2.40 bits per heavy atom. The van der Waals surface area contributed by atoms with E-state index in [9.17, 15) is 14.7 Å². The first-order valence-electron chi connectivity index (χ1n) is 12.1. The number of carboxylic acid groups (broad SMARTS) is 1. The molecule has 0 spiro atoms. The number of fused-ring (bicyclic) bond motifs is 1. The fraction of sp³-hybridized carbons (Fsp3) is 0.310. The number of ether oxygens (including phenoxy) is 1. The highest BCUT2D eigenvalue weighted by molar-refractivity contribution is 5.98. The van der Waals surface area contributed by atoms with Crippen LogP contribution in [-0.4, -0.2) is 53.7 Å². The largest absolute Gasteiger partial charge is 0.488 e. The van der Waals surface area contributed by atoms with E-state index in [1.807, 2.05) is 42.5 Å². The van der Waals surface area contributed by atoms with Gasteiger partial charge in [0.15, 0.2) is 0 Å². The highest BCUT2D eigenvalue weighted by atomic mass is 16.5. The minimum Gasteiger partial charge on any atom is -0.488 e. The molecule has 6 nitrogen and oxygen atoms in total. The topological polar surface area (TPSA) is 78.9 Å². The maximum Gasteiger partial charge on any atom is 0.335 e. The molecule has 0 saturated carbocycles. The second-order valence-corrected chi connectivity index (χ2v) is 9.24. The van der Waals surface area contributed by atoms with Gasteiger partial charge in [-0.1, -0.05) is 48.5 Å². The molecule has 1 saturated heterocycles. The average molecular weight is 473 g/mol. The van der Waals surface area contributed by atoms with Crippen molar-refractivity contribution >= 4 is 28.7 Å². The van der Waals surface area contributed by atoms with Gasteiger partial charge in [0.05, 0.1) is 11.1 Å². The van der Waals surface area contributed by atoms with Crippen molar-refractivity contribution < 1.29 is 19.4 Å². The fourth-order valence-corrected chi connectivity index (χ4v) is 4.41. The van der Waals surface area contributed by atoms with Crippen molar-refractivity contribution in [2.75, 3.05) is 19.7 Å². The van der Waals surface area contributed by atoms with Crippen LogP contribution in [0.1, 0.15) is 42.6 Å². The molecular formula is C29H32N2O4. The molecule has 1 aliphatic rings. The zero-order valence-electron chi connectivity index (χ0n) is 20.2. The highest BCUT2D eigenvalue weighted by Gasteiger charge is 2.23. The van der Waals surface area contributed by atoms with Gasteiger partial charge in [0.25, 0.3) is 5.91 Å². The summed E-state index contributed by atoms with van der Waals surface area (Å²) in [6.07, 6.45) is 3.60. The van der Waals surface area contributed by atoms with Crippen LogP contribution in [-0.2, 0) is 4.79 Å². The molecule has 1 amide bonds. The molecule has 3 aromatic rings. The van der Waals surface area contributed by atoms with Gasteiger partial charge in [-0.25, -0.2) is 4.79 Å². The van der Waals surface area contributed by atoms with Crippen LogP contribution >= 0.6 is 0 Å². The minimum atomic E-state index is -0.981. The zero-order chi connectivity index (χ0) is 24.8. The Morgan fingerprint density at radius 1 is 1.03 bits per heavy atom. The van der Waals surface area contributed by atoms with E-state index in [0.717, 1.165) is 42.3 Å². The molecule has 182 valence electrons. The Balaban J connectivity index is 1.53. The summed E-state index contributed by atoms with van der Waals surface area (Å²) in [7, 11) is 0. The molecule has 6 heteroatoms. The highest BCUT2D eigenvalue weighted by Crippen LogP contribution is 2.26. The van der Waals surface area contributed by atoms with Crippen molar-refractivity contribution in [3.8, 4) is 5.75 Å². The van der Waals surface area contributed by atoms with Crippen molar-refractivity contribution in [3.05, 3.63) is 83.4 Å². The Kier molecular flexibility index (Phi) is 7.83. The van der Waals surface area contributed by atoms with Gasteiger partial charge in [-0.2, -0.15) is 0 Å². The monoisotopic (exact) mass is 472 g/mol. The molecule has 1 heterocycles. The number of aromatic carboxylic acids is 1. The summed E-state index contributed by atoms with van der Waals surface area (Å²) >= 11 is 0. The third-order valence-electron chi connectivity index (χ3n) is 6.52. The lowest BCUT2D eigenvalue weighted by atomic mass is 10.0. The maximum absolute atomic E-state index is 13.3. The molecule has 1 fully saturated rings. The van der Waals surface area contributed by atoms with Crippen LogP contribution in [0, 0.1) is 0 Å². The summed E-state index contributed by atoms with van der Waals surface area (Å²) in [6.45, 7) is 6.42. The van der Waals surface area contributed by atoms with Gasteiger partial charge in [-0.05, 0) is 61.9 Å². The molecule has 1 aliphatic heterocycles. The third kappa shape index (κ3) is 6.28. The van der Waals surface area contributed by atoms with Crippen LogP contribution < -0.4 is 10.1 Å². The smallest absolute Gasteiger partial charge is 0.335 e. The molecule has 0 aliphatic carbocycles. The Morgan fingerprint density at radius 2 is 1.71 bits per heavy atom. The first-order valence-corrected chi connectivity index (χ1v) is 12.1.